The minimum atomic E-state index is 1.15. The van der Waals surface area contributed by atoms with Crippen molar-refractivity contribution in [2.75, 3.05) is 0 Å². The van der Waals surface area contributed by atoms with Gasteiger partial charge in [0.25, 0.3) is 0 Å². The first kappa shape index (κ1) is 23.8. The lowest BCUT2D eigenvalue weighted by Gasteiger charge is -2.18. The molecule has 4 aliphatic carbocycles. The van der Waals surface area contributed by atoms with E-state index in [1.807, 2.05) is 0 Å². The van der Waals surface area contributed by atoms with Crippen LogP contribution in [0.1, 0.15) is 81.8 Å². The van der Waals surface area contributed by atoms with Crippen LogP contribution in [0.4, 0.5) is 0 Å². The van der Waals surface area contributed by atoms with Gasteiger partial charge in [-0.3, -0.25) is 0 Å². The SMILES string of the molecule is Cc1cc(-n2c3c(c4c2C=CCC4)CCC=C3)ccc1-c1ccc(-n2c3c(c4c2C=CCC4)CCC=C3)cc1C. The molecule has 40 heavy (non-hydrogen) atoms. The van der Waals surface area contributed by atoms with E-state index in [2.05, 4.69) is 108 Å². The van der Waals surface area contributed by atoms with Gasteiger partial charge < -0.3 is 9.13 Å². The molecule has 0 saturated carbocycles. The number of rotatable bonds is 3. The Balaban J connectivity index is 1.20. The smallest absolute Gasteiger partial charge is 0.0494 e. The summed E-state index contributed by atoms with van der Waals surface area (Å²) in [5.41, 5.74) is 19.6. The van der Waals surface area contributed by atoms with Gasteiger partial charge in [-0.25, -0.2) is 0 Å². The van der Waals surface area contributed by atoms with E-state index in [1.165, 1.54) is 56.4 Å². The molecule has 2 aromatic heterocycles. The highest BCUT2D eigenvalue weighted by Gasteiger charge is 2.25. The highest BCUT2D eigenvalue weighted by Crippen LogP contribution is 2.39. The molecule has 0 radical (unpaired) electrons. The van der Waals surface area contributed by atoms with E-state index >= 15 is 0 Å². The standard InChI is InChI=1S/C38H36N2/c1-25-23-27(39-35-15-7-3-11-31(35)32-12-4-8-16-36(32)39)19-21-29(25)30-22-20-28(24-26(30)2)40-37-17-9-5-13-33(37)34-14-6-10-18-38(34)40/h7-10,15-24H,3-6,11-14H2,1-2H3. The van der Waals surface area contributed by atoms with E-state index in [0.29, 0.717) is 0 Å². The van der Waals surface area contributed by atoms with E-state index in [4.69, 9.17) is 0 Å². The molecule has 0 amide bonds. The van der Waals surface area contributed by atoms with Gasteiger partial charge in [0.1, 0.15) is 0 Å². The van der Waals surface area contributed by atoms with Crippen LogP contribution in [0.25, 0.3) is 46.8 Å². The first-order chi connectivity index (χ1) is 19.7. The summed E-state index contributed by atoms with van der Waals surface area (Å²) in [4.78, 5) is 0. The zero-order valence-corrected chi connectivity index (χ0v) is 23.6. The van der Waals surface area contributed by atoms with Crippen molar-refractivity contribution in [1.82, 2.24) is 9.13 Å². The van der Waals surface area contributed by atoms with Gasteiger partial charge in [-0.1, -0.05) is 36.4 Å². The van der Waals surface area contributed by atoms with Gasteiger partial charge in [0.15, 0.2) is 0 Å². The molecular weight excluding hydrogens is 484 g/mol. The molecule has 2 aromatic carbocycles. The van der Waals surface area contributed by atoms with Gasteiger partial charge in [0.2, 0.25) is 0 Å². The van der Waals surface area contributed by atoms with Gasteiger partial charge in [0, 0.05) is 34.2 Å². The maximum absolute atomic E-state index is 2.50. The zero-order valence-electron chi connectivity index (χ0n) is 23.6. The lowest BCUT2D eigenvalue weighted by atomic mass is 9.94. The molecule has 0 saturated heterocycles. The molecule has 2 heteroatoms. The lowest BCUT2D eigenvalue weighted by molar-refractivity contribution is 0.922. The fourth-order valence-corrected chi connectivity index (χ4v) is 7.66. The predicted octanol–water partition coefficient (Wildman–Crippen LogP) is 9.39. The predicted molar refractivity (Wildman–Crippen MR) is 169 cm³/mol. The Bertz CT molecular complexity index is 1600. The van der Waals surface area contributed by atoms with Crippen LogP contribution in [0.15, 0.2) is 60.7 Å². The highest BCUT2D eigenvalue weighted by atomic mass is 15.0. The number of aromatic nitrogens is 2. The summed E-state index contributed by atoms with van der Waals surface area (Å²) in [7, 11) is 0. The van der Waals surface area contributed by atoms with Crippen LogP contribution in [-0.2, 0) is 25.7 Å². The van der Waals surface area contributed by atoms with Crippen LogP contribution in [0, 0.1) is 13.8 Å². The van der Waals surface area contributed by atoms with Crippen molar-refractivity contribution in [3.8, 4) is 22.5 Å². The molecule has 8 rings (SSSR count). The van der Waals surface area contributed by atoms with E-state index in [1.54, 1.807) is 22.3 Å². The molecule has 0 bridgehead atoms. The van der Waals surface area contributed by atoms with Gasteiger partial charge in [-0.2, -0.15) is 0 Å². The third-order valence-electron chi connectivity index (χ3n) is 9.50. The van der Waals surface area contributed by atoms with E-state index in [-0.39, 0.29) is 0 Å². The summed E-state index contributed by atoms with van der Waals surface area (Å²) < 4.78 is 5.00. The molecule has 2 heterocycles. The summed E-state index contributed by atoms with van der Waals surface area (Å²) in [6.45, 7) is 4.54. The average molecular weight is 521 g/mol. The first-order valence-corrected chi connectivity index (χ1v) is 15.1. The van der Waals surface area contributed by atoms with Crippen molar-refractivity contribution >= 4 is 24.3 Å². The van der Waals surface area contributed by atoms with Crippen LogP contribution >= 0.6 is 0 Å². The van der Waals surface area contributed by atoms with Crippen LogP contribution < -0.4 is 0 Å². The normalized spacial score (nSPS) is 16.6. The molecule has 0 aliphatic heterocycles. The molecular formula is C38H36N2. The number of benzene rings is 2. The second kappa shape index (κ2) is 9.27. The second-order valence-corrected chi connectivity index (χ2v) is 11.9. The van der Waals surface area contributed by atoms with Crippen LogP contribution in [0.5, 0.6) is 0 Å². The fraction of sp³-hybridized carbons (Fsp3) is 0.263. The van der Waals surface area contributed by atoms with Gasteiger partial charge in [-0.05, 0) is 158 Å². The van der Waals surface area contributed by atoms with Crippen molar-refractivity contribution in [3.05, 3.63) is 117 Å². The maximum atomic E-state index is 2.50. The average Bonchev–Trinajstić information content (AvgIpc) is 3.51. The quantitative estimate of drug-likeness (QED) is 0.255. The Hall–Kier alpha value is -4.04. The Kier molecular flexibility index (Phi) is 5.52. The molecule has 0 fully saturated rings. The number of nitrogens with zero attached hydrogens (tertiary/aromatic N) is 2. The van der Waals surface area contributed by atoms with Gasteiger partial charge >= 0.3 is 0 Å². The van der Waals surface area contributed by atoms with Crippen molar-refractivity contribution < 1.29 is 0 Å². The maximum Gasteiger partial charge on any atom is 0.0494 e. The number of hydrogen-bond acceptors (Lipinski definition) is 0. The first-order valence-electron chi connectivity index (χ1n) is 15.1. The fourth-order valence-electron chi connectivity index (χ4n) is 7.66. The molecule has 198 valence electrons. The van der Waals surface area contributed by atoms with E-state index < -0.39 is 0 Å². The number of aryl methyl sites for hydroxylation is 2. The number of fused-ring (bicyclic) bond motifs is 6. The van der Waals surface area contributed by atoms with E-state index in [9.17, 15) is 0 Å². The topological polar surface area (TPSA) is 9.86 Å². The third-order valence-corrected chi connectivity index (χ3v) is 9.50. The largest absolute Gasteiger partial charge is 0.310 e. The van der Waals surface area contributed by atoms with Crippen LogP contribution in [0.2, 0.25) is 0 Å². The molecule has 4 aromatic rings. The zero-order chi connectivity index (χ0) is 26.8. The second-order valence-electron chi connectivity index (χ2n) is 11.9. The Morgan fingerprint density at radius 1 is 0.450 bits per heavy atom. The Labute approximate surface area is 237 Å². The van der Waals surface area contributed by atoms with Crippen molar-refractivity contribution in [1.29, 1.82) is 0 Å². The minimum Gasteiger partial charge on any atom is -0.310 e. The Morgan fingerprint density at radius 3 is 1.07 bits per heavy atom. The summed E-state index contributed by atoms with van der Waals surface area (Å²) in [5.74, 6) is 0. The van der Waals surface area contributed by atoms with Gasteiger partial charge in [0.05, 0.1) is 0 Å². The molecule has 0 N–H and O–H groups in total. The van der Waals surface area contributed by atoms with Crippen LogP contribution in [0.3, 0.4) is 0 Å². The molecule has 0 unspecified atom stereocenters. The molecule has 0 spiro atoms. The lowest BCUT2D eigenvalue weighted by Crippen LogP contribution is -2.04. The highest BCUT2D eigenvalue weighted by molar-refractivity contribution is 5.76. The third kappa shape index (κ3) is 3.55. The monoisotopic (exact) mass is 520 g/mol. The molecule has 2 nitrogen and oxygen atoms in total. The minimum absolute atomic E-state index is 1.15. The Morgan fingerprint density at radius 2 is 0.775 bits per heavy atom. The molecule has 0 atom stereocenters. The van der Waals surface area contributed by atoms with Gasteiger partial charge in [-0.15, -0.1) is 0 Å². The summed E-state index contributed by atoms with van der Waals surface area (Å²) in [6, 6.07) is 14.1. The summed E-state index contributed by atoms with van der Waals surface area (Å²) >= 11 is 0. The molecule has 4 aliphatic rings. The number of hydrogen-bond donors (Lipinski definition) is 0. The van der Waals surface area contributed by atoms with E-state index in [0.717, 1.165) is 51.4 Å². The van der Waals surface area contributed by atoms with Crippen molar-refractivity contribution in [2.45, 2.75) is 65.2 Å². The van der Waals surface area contributed by atoms with Crippen LogP contribution in [-0.4, -0.2) is 9.13 Å². The summed E-state index contributed by atoms with van der Waals surface area (Å²) in [6.07, 6.45) is 28.0. The summed E-state index contributed by atoms with van der Waals surface area (Å²) in [5, 5.41) is 0. The number of allylic oxidation sites excluding steroid dienone is 4. The van der Waals surface area contributed by atoms with Crippen molar-refractivity contribution in [3.63, 3.8) is 0 Å². The van der Waals surface area contributed by atoms with Crippen molar-refractivity contribution in [2.24, 2.45) is 0 Å².